The van der Waals surface area contributed by atoms with Crippen LogP contribution in [0.5, 0.6) is 5.88 Å². The van der Waals surface area contributed by atoms with Crippen LogP contribution in [0.1, 0.15) is 32.7 Å². The number of rotatable bonds is 6. The number of ether oxygens (including phenoxy) is 1. The van der Waals surface area contributed by atoms with Gasteiger partial charge in [-0.3, -0.25) is 4.79 Å². The highest BCUT2D eigenvalue weighted by Crippen LogP contribution is 2.17. The van der Waals surface area contributed by atoms with Crippen LogP contribution in [0.25, 0.3) is 0 Å². The molecular formula is C22H21N3O2. The minimum atomic E-state index is 0.0589. The van der Waals surface area contributed by atoms with Crippen molar-refractivity contribution in [3.05, 3.63) is 88.6 Å². The van der Waals surface area contributed by atoms with E-state index < -0.39 is 0 Å². The molecule has 3 aromatic rings. The molecule has 0 saturated carbocycles. The number of carbonyl (C=O) groups excluding carboxylic acids is 1. The molecule has 0 unspecified atom stereocenters. The van der Waals surface area contributed by atoms with Crippen LogP contribution in [0, 0.1) is 0 Å². The lowest BCUT2D eigenvalue weighted by molar-refractivity contribution is 0.0991. The summed E-state index contributed by atoms with van der Waals surface area (Å²) in [6.45, 7) is 2.28. The minimum absolute atomic E-state index is 0.0589. The van der Waals surface area contributed by atoms with Crippen molar-refractivity contribution < 1.29 is 9.53 Å². The van der Waals surface area contributed by atoms with Gasteiger partial charge in [0.25, 0.3) is 0 Å². The number of hydrogen-bond acceptors (Lipinski definition) is 5. The Hall–Kier alpha value is -3.05. The molecule has 5 nitrogen and oxygen atoms in total. The first-order chi connectivity index (χ1) is 13.3. The van der Waals surface area contributed by atoms with Gasteiger partial charge < -0.3 is 10.1 Å². The predicted molar refractivity (Wildman–Crippen MR) is 103 cm³/mol. The Bertz CT molecular complexity index is 924. The number of ketones is 1. The molecule has 0 aliphatic carbocycles. The normalized spacial score (nSPS) is 13.0. The van der Waals surface area contributed by atoms with Gasteiger partial charge in [-0.25, -0.2) is 0 Å². The molecule has 0 amide bonds. The van der Waals surface area contributed by atoms with Gasteiger partial charge in [0, 0.05) is 18.2 Å². The third-order valence-electron chi connectivity index (χ3n) is 4.68. The lowest BCUT2D eigenvalue weighted by atomic mass is 9.96. The van der Waals surface area contributed by atoms with Crippen molar-refractivity contribution in [2.24, 2.45) is 0 Å². The van der Waals surface area contributed by atoms with E-state index in [1.54, 1.807) is 12.1 Å². The smallest absolute Gasteiger partial charge is 0.233 e. The van der Waals surface area contributed by atoms with Gasteiger partial charge in [0.1, 0.15) is 6.61 Å². The summed E-state index contributed by atoms with van der Waals surface area (Å²) in [6, 6.07) is 19.4. The second-order valence-corrected chi connectivity index (χ2v) is 6.65. The molecule has 5 heteroatoms. The Labute approximate surface area is 158 Å². The van der Waals surface area contributed by atoms with E-state index in [9.17, 15) is 4.79 Å². The zero-order valence-electron chi connectivity index (χ0n) is 15.0. The fourth-order valence-corrected chi connectivity index (χ4v) is 3.17. The molecule has 0 bridgehead atoms. The van der Waals surface area contributed by atoms with Crippen LogP contribution >= 0.6 is 0 Å². The standard InChI is InChI=1S/C22H21N3O2/c26-21(18-6-7-19-14-23-11-10-17(19)12-18)13-20-8-9-22(25-24-20)27-15-16-4-2-1-3-5-16/h1-9,12,23H,10-11,13-15H2. The topological polar surface area (TPSA) is 64.1 Å². The Morgan fingerprint density at radius 3 is 2.70 bits per heavy atom. The fraction of sp³-hybridized carbons (Fsp3) is 0.227. The van der Waals surface area contributed by atoms with Gasteiger partial charge in [0.2, 0.25) is 5.88 Å². The zero-order chi connectivity index (χ0) is 18.5. The first kappa shape index (κ1) is 17.4. The van der Waals surface area contributed by atoms with Crippen molar-refractivity contribution in [2.45, 2.75) is 26.0 Å². The molecule has 1 aliphatic rings. The summed E-state index contributed by atoms with van der Waals surface area (Å²) in [4.78, 5) is 12.6. The molecule has 1 aromatic heterocycles. The molecule has 0 spiro atoms. The summed E-state index contributed by atoms with van der Waals surface area (Å²) < 4.78 is 5.63. The van der Waals surface area contributed by atoms with E-state index in [2.05, 4.69) is 15.5 Å². The number of benzene rings is 2. The Morgan fingerprint density at radius 2 is 1.89 bits per heavy atom. The summed E-state index contributed by atoms with van der Waals surface area (Å²) in [7, 11) is 0. The number of Topliss-reactive ketones (excluding diaryl/α,β-unsaturated/α-hetero) is 1. The van der Waals surface area contributed by atoms with Crippen LogP contribution in [-0.2, 0) is 26.0 Å². The van der Waals surface area contributed by atoms with Gasteiger partial charge in [-0.1, -0.05) is 42.5 Å². The third kappa shape index (κ3) is 4.38. The number of fused-ring (bicyclic) bond motifs is 1. The van der Waals surface area contributed by atoms with Gasteiger partial charge in [-0.15, -0.1) is 5.10 Å². The highest BCUT2D eigenvalue weighted by Gasteiger charge is 2.14. The van der Waals surface area contributed by atoms with E-state index in [-0.39, 0.29) is 12.2 Å². The molecule has 0 saturated heterocycles. The van der Waals surface area contributed by atoms with Crippen LogP contribution in [0.3, 0.4) is 0 Å². The van der Waals surface area contributed by atoms with Crippen LogP contribution in [0.4, 0.5) is 0 Å². The van der Waals surface area contributed by atoms with E-state index in [1.807, 2.05) is 48.5 Å². The van der Waals surface area contributed by atoms with Crippen LogP contribution in [-0.4, -0.2) is 22.5 Å². The molecule has 2 aromatic carbocycles. The third-order valence-corrected chi connectivity index (χ3v) is 4.68. The number of carbonyl (C=O) groups is 1. The van der Waals surface area contributed by atoms with Crippen molar-refractivity contribution in [1.82, 2.24) is 15.5 Å². The van der Waals surface area contributed by atoms with Crippen molar-refractivity contribution in [3.63, 3.8) is 0 Å². The van der Waals surface area contributed by atoms with Gasteiger partial charge >= 0.3 is 0 Å². The number of hydrogen-bond donors (Lipinski definition) is 1. The summed E-state index contributed by atoms with van der Waals surface area (Å²) in [5, 5.41) is 11.6. The largest absolute Gasteiger partial charge is 0.472 e. The predicted octanol–water partition coefficient (Wildman–Crippen LogP) is 3.13. The minimum Gasteiger partial charge on any atom is -0.472 e. The quantitative estimate of drug-likeness (QED) is 0.685. The summed E-state index contributed by atoms with van der Waals surface area (Å²) >= 11 is 0. The van der Waals surface area contributed by atoms with Crippen LogP contribution < -0.4 is 10.1 Å². The van der Waals surface area contributed by atoms with E-state index in [0.717, 1.165) is 30.6 Å². The molecule has 1 aliphatic heterocycles. The number of nitrogens with one attached hydrogen (secondary N) is 1. The summed E-state index contributed by atoms with van der Waals surface area (Å²) in [6.07, 6.45) is 1.20. The fourth-order valence-electron chi connectivity index (χ4n) is 3.17. The lowest BCUT2D eigenvalue weighted by Crippen LogP contribution is -2.23. The molecule has 0 fully saturated rings. The van der Waals surface area contributed by atoms with Crippen molar-refractivity contribution in [3.8, 4) is 5.88 Å². The average Bonchev–Trinajstić information content (AvgIpc) is 2.73. The Kier molecular flexibility index (Phi) is 5.21. The molecule has 2 heterocycles. The van der Waals surface area contributed by atoms with Gasteiger partial charge in [-0.2, -0.15) is 5.10 Å². The molecule has 0 radical (unpaired) electrons. The first-order valence-electron chi connectivity index (χ1n) is 9.13. The molecule has 4 rings (SSSR count). The number of aromatic nitrogens is 2. The maximum Gasteiger partial charge on any atom is 0.233 e. The molecule has 0 atom stereocenters. The highest BCUT2D eigenvalue weighted by molar-refractivity contribution is 5.97. The summed E-state index contributed by atoms with van der Waals surface area (Å²) in [5.41, 5.74) is 4.99. The average molecular weight is 359 g/mol. The molecular weight excluding hydrogens is 338 g/mol. The molecule has 27 heavy (non-hydrogen) atoms. The highest BCUT2D eigenvalue weighted by atomic mass is 16.5. The Morgan fingerprint density at radius 1 is 1.00 bits per heavy atom. The van der Waals surface area contributed by atoms with E-state index in [1.165, 1.54) is 11.1 Å². The van der Waals surface area contributed by atoms with E-state index >= 15 is 0 Å². The maximum absolute atomic E-state index is 12.6. The molecule has 136 valence electrons. The van der Waals surface area contributed by atoms with Gasteiger partial charge in [-0.05, 0) is 41.8 Å². The van der Waals surface area contributed by atoms with E-state index in [0.29, 0.717) is 18.2 Å². The monoisotopic (exact) mass is 359 g/mol. The van der Waals surface area contributed by atoms with Crippen LogP contribution in [0.2, 0.25) is 0 Å². The van der Waals surface area contributed by atoms with Gasteiger partial charge in [0.05, 0.1) is 12.1 Å². The molecule has 1 N–H and O–H groups in total. The SMILES string of the molecule is O=C(Cc1ccc(OCc2ccccc2)nn1)c1ccc2c(c1)CCNC2. The van der Waals surface area contributed by atoms with E-state index in [4.69, 9.17) is 4.74 Å². The Balaban J connectivity index is 1.37. The van der Waals surface area contributed by atoms with Crippen molar-refractivity contribution in [1.29, 1.82) is 0 Å². The van der Waals surface area contributed by atoms with Crippen LogP contribution in [0.15, 0.2) is 60.7 Å². The van der Waals surface area contributed by atoms with Crippen molar-refractivity contribution >= 4 is 5.78 Å². The summed E-state index contributed by atoms with van der Waals surface area (Å²) in [5.74, 6) is 0.514. The zero-order valence-corrected chi connectivity index (χ0v) is 15.0. The van der Waals surface area contributed by atoms with Crippen molar-refractivity contribution in [2.75, 3.05) is 6.54 Å². The number of nitrogens with zero attached hydrogens (tertiary/aromatic N) is 2. The second kappa shape index (κ2) is 8.10. The second-order valence-electron chi connectivity index (χ2n) is 6.65. The maximum atomic E-state index is 12.6. The first-order valence-corrected chi connectivity index (χ1v) is 9.13. The lowest BCUT2D eigenvalue weighted by Gasteiger charge is -2.17. The van der Waals surface area contributed by atoms with Gasteiger partial charge in [0.15, 0.2) is 5.78 Å².